The lowest BCUT2D eigenvalue weighted by Gasteiger charge is -2.26. The molecule has 21 heavy (non-hydrogen) atoms. The van der Waals surface area contributed by atoms with Gasteiger partial charge in [-0.05, 0) is 49.4 Å². The number of hydrogen-bond acceptors (Lipinski definition) is 2. The van der Waals surface area contributed by atoms with E-state index in [0.29, 0.717) is 5.02 Å². The summed E-state index contributed by atoms with van der Waals surface area (Å²) in [6, 6.07) is 12.5. The Morgan fingerprint density at radius 3 is 2.62 bits per heavy atom. The van der Waals surface area contributed by atoms with Crippen molar-refractivity contribution in [2.75, 3.05) is 18.0 Å². The first-order chi connectivity index (χ1) is 10.2. The van der Waals surface area contributed by atoms with Gasteiger partial charge < -0.3 is 10.2 Å². The van der Waals surface area contributed by atoms with Gasteiger partial charge in [0.15, 0.2) is 0 Å². The molecule has 0 radical (unpaired) electrons. The highest BCUT2D eigenvalue weighted by Crippen LogP contribution is 2.31. The largest absolute Gasteiger partial charge is 0.341 e. The number of benzene rings is 2. The summed E-state index contributed by atoms with van der Waals surface area (Å²) in [5.41, 5.74) is 2.99. The Kier molecular flexibility index (Phi) is 5.59. The van der Waals surface area contributed by atoms with E-state index in [0.717, 1.165) is 36.6 Å². The number of hydrogen-bond donors (Lipinski definition) is 1. The summed E-state index contributed by atoms with van der Waals surface area (Å²) < 4.78 is 13.5. The van der Waals surface area contributed by atoms with Gasteiger partial charge in [-0.3, -0.25) is 0 Å². The minimum atomic E-state index is -0.235. The Morgan fingerprint density at radius 1 is 1.14 bits per heavy atom. The van der Waals surface area contributed by atoms with E-state index in [-0.39, 0.29) is 5.82 Å². The van der Waals surface area contributed by atoms with Crippen molar-refractivity contribution in [3.8, 4) is 0 Å². The number of nitrogens with zero attached hydrogens (tertiary/aromatic N) is 1. The van der Waals surface area contributed by atoms with Crippen LogP contribution in [0.2, 0.25) is 5.02 Å². The molecule has 2 aromatic rings. The Hall–Kier alpha value is -1.58. The molecule has 112 valence electrons. The second-order valence-electron chi connectivity index (χ2n) is 4.78. The molecule has 0 aliphatic heterocycles. The van der Waals surface area contributed by atoms with Gasteiger partial charge in [-0.1, -0.05) is 30.7 Å². The SMILES string of the molecule is CCNCc1ccc(Cl)cc1N(CC)c1cccc(F)c1. The summed E-state index contributed by atoms with van der Waals surface area (Å²) in [6.45, 7) is 6.51. The maximum absolute atomic E-state index is 13.5. The van der Waals surface area contributed by atoms with Gasteiger partial charge in [-0.15, -0.1) is 0 Å². The van der Waals surface area contributed by atoms with Crippen molar-refractivity contribution >= 4 is 23.0 Å². The first-order valence-electron chi connectivity index (χ1n) is 7.18. The predicted octanol–water partition coefficient (Wildman–Crippen LogP) is 4.75. The zero-order valence-electron chi connectivity index (χ0n) is 12.4. The molecule has 0 aromatic heterocycles. The second-order valence-corrected chi connectivity index (χ2v) is 5.21. The van der Waals surface area contributed by atoms with E-state index >= 15 is 0 Å². The fourth-order valence-corrected chi connectivity index (χ4v) is 2.50. The Balaban J connectivity index is 2.43. The molecule has 0 saturated heterocycles. The molecule has 0 fully saturated rings. The average Bonchev–Trinajstić information content (AvgIpc) is 2.47. The van der Waals surface area contributed by atoms with Gasteiger partial charge in [0, 0.05) is 29.5 Å². The Bertz CT molecular complexity index is 601. The van der Waals surface area contributed by atoms with Crippen LogP contribution in [0.3, 0.4) is 0 Å². The zero-order valence-corrected chi connectivity index (χ0v) is 13.1. The molecule has 4 heteroatoms. The van der Waals surface area contributed by atoms with E-state index in [1.807, 2.05) is 31.2 Å². The van der Waals surface area contributed by atoms with Gasteiger partial charge in [0.05, 0.1) is 0 Å². The van der Waals surface area contributed by atoms with Gasteiger partial charge in [0.25, 0.3) is 0 Å². The zero-order chi connectivity index (χ0) is 15.2. The maximum Gasteiger partial charge on any atom is 0.125 e. The molecule has 0 aliphatic rings. The summed E-state index contributed by atoms with van der Waals surface area (Å²) in [6.07, 6.45) is 0. The molecule has 0 spiro atoms. The second kappa shape index (κ2) is 7.43. The third kappa shape index (κ3) is 3.96. The number of nitrogens with one attached hydrogen (secondary N) is 1. The number of rotatable bonds is 6. The minimum Gasteiger partial charge on any atom is -0.341 e. The highest BCUT2D eigenvalue weighted by molar-refractivity contribution is 6.30. The summed E-state index contributed by atoms with van der Waals surface area (Å²) in [5.74, 6) is -0.235. The monoisotopic (exact) mass is 306 g/mol. The van der Waals surface area contributed by atoms with Crippen LogP contribution in [0, 0.1) is 5.82 Å². The van der Waals surface area contributed by atoms with Crippen molar-refractivity contribution in [2.24, 2.45) is 0 Å². The highest BCUT2D eigenvalue weighted by Gasteiger charge is 2.13. The van der Waals surface area contributed by atoms with E-state index in [1.165, 1.54) is 6.07 Å². The molecule has 2 aromatic carbocycles. The fourth-order valence-electron chi connectivity index (χ4n) is 2.33. The summed E-state index contributed by atoms with van der Waals surface area (Å²) in [5, 5.41) is 4.00. The van der Waals surface area contributed by atoms with Gasteiger partial charge in [-0.2, -0.15) is 0 Å². The molecule has 0 bridgehead atoms. The molecule has 0 amide bonds. The third-order valence-corrected chi connectivity index (χ3v) is 3.57. The fraction of sp³-hybridized carbons (Fsp3) is 0.294. The maximum atomic E-state index is 13.5. The van der Waals surface area contributed by atoms with E-state index in [1.54, 1.807) is 12.1 Å². The average molecular weight is 307 g/mol. The molecular weight excluding hydrogens is 287 g/mol. The molecule has 0 unspecified atom stereocenters. The van der Waals surface area contributed by atoms with Gasteiger partial charge in [-0.25, -0.2) is 4.39 Å². The topological polar surface area (TPSA) is 15.3 Å². The van der Waals surface area contributed by atoms with Crippen LogP contribution in [-0.2, 0) is 6.54 Å². The smallest absolute Gasteiger partial charge is 0.125 e. The van der Waals surface area contributed by atoms with Gasteiger partial charge in [0.2, 0.25) is 0 Å². The van der Waals surface area contributed by atoms with E-state index in [2.05, 4.69) is 17.1 Å². The third-order valence-electron chi connectivity index (χ3n) is 3.34. The van der Waals surface area contributed by atoms with Gasteiger partial charge in [0.1, 0.15) is 5.82 Å². The van der Waals surface area contributed by atoms with Crippen molar-refractivity contribution in [3.63, 3.8) is 0 Å². The van der Waals surface area contributed by atoms with Crippen LogP contribution in [-0.4, -0.2) is 13.1 Å². The van der Waals surface area contributed by atoms with Crippen molar-refractivity contribution in [3.05, 3.63) is 58.9 Å². The van der Waals surface area contributed by atoms with E-state index in [4.69, 9.17) is 11.6 Å². The molecular formula is C17H20ClFN2. The lowest BCUT2D eigenvalue weighted by Crippen LogP contribution is -2.20. The summed E-state index contributed by atoms with van der Waals surface area (Å²) in [7, 11) is 0. The van der Waals surface area contributed by atoms with Crippen LogP contribution >= 0.6 is 11.6 Å². The molecule has 1 N–H and O–H groups in total. The highest BCUT2D eigenvalue weighted by atomic mass is 35.5. The molecule has 0 aliphatic carbocycles. The summed E-state index contributed by atoms with van der Waals surface area (Å²) >= 11 is 6.15. The Morgan fingerprint density at radius 2 is 1.95 bits per heavy atom. The quantitative estimate of drug-likeness (QED) is 0.828. The normalized spacial score (nSPS) is 10.7. The van der Waals surface area contributed by atoms with Crippen LogP contribution in [0.4, 0.5) is 15.8 Å². The number of halogens is 2. The lowest BCUT2D eigenvalue weighted by molar-refractivity contribution is 0.627. The lowest BCUT2D eigenvalue weighted by atomic mass is 10.1. The minimum absolute atomic E-state index is 0.235. The van der Waals surface area contributed by atoms with Crippen LogP contribution in [0.25, 0.3) is 0 Å². The number of anilines is 2. The van der Waals surface area contributed by atoms with Crippen LogP contribution < -0.4 is 10.2 Å². The van der Waals surface area contributed by atoms with Crippen molar-refractivity contribution in [1.29, 1.82) is 0 Å². The van der Waals surface area contributed by atoms with Crippen molar-refractivity contribution in [2.45, 2.75) is 20.4 Å². The predicted molar refractivity (Wildman–Crippen MR) is 87.9 cm³/mol. The van der Waals surface area contributed by atoms with Gasteiger partial charge >= 0.3 is 0 Å². The summed E-state index contributed by atoms with van der Waals surface area (Å²) in [4.78, 5) is 2.07. The van der Waals surface area contributed by atoms with Crippen molar-refractivity contribution in [1.82, 2.24) is 5.32 Å². The molecule has 2 rings (SSSR count). The van der Waals surface area contributed by atoms with Crippen LogP contribution in [0.5, 0.6) is 0 Å². The van der Waals surface area contributed by atoms with E-state index in [9.17, 15) is 4.39 Å². The van der Waals surface area contributed by atoms with Crippen molar-refractivity contribution < 1.29 is 4.39 Å². The standard InChI is InChI=1S/C17H20ClFN2/c1-3-20-12-13-8-9-14(18)10-17(13)21(4-2)16-7-5-6-15(19)11-16/h5-11,20H,3-4,12H2,1-2H3. The van der Waals surface area contributed by atoms with E-state index < -0.39 is 0 Å². The molecule has 0 atom stereocenters. The Labute approximate surface area is 130 Å². The van der Waals surface area contributed by atoms with Crippen LogP contribution in [0.1, 0.15) is 19.4 Å². The van der Waals surface area contributed by atoms with Crippen LogP contribution in [0.15, 0.2) is 42.5 Å². The first kappa shape index (κ1) is 15.8. The molecule has 0 heterocycles. The first-order valence-corrected chi connectivity index (χ1v) is 7.55. The molecule has 0 saturated carbocycles. The molecule has 2 nitrogen and oxygen atoms in total.